The highest BCUT2D eigenvalue weighted by Crippen LogP contribution is 2.34. The minimum Gasteiger partial charge on any atom is -0.311 e. The monoisotopic (exact) mass is 238 g/mol. The van der Waals surface area contributed by atoms with Crippen LogP contribution in [-0.4, -0.2) is 36.6 Å². The van der Waals surface area contributed by atoms with Gasteiger partial charge in [0.15, 0.2) is 0 Å². The van der Waals surface area contributed by atoms with E-state index in [1.165, 1.54) is 51.7 Å². The molecule has 2 rings (SSSR count). The predicted molar refractivity (Wildman–Crippen MR) is 74.2 cm³/mol. The maximum Gasteiger partial charge on any atom is 0.0224 e. The van der Waals surface area contributed by atoms with E-state index in [1.54, 1.807) is 0 Å². The summed E-state index contributed by atoms with van der Waals surface area (Å²) in [6, 6.07) is 1.59. The van der Waals surface area contributed by atoms with Crippen LogP contribution in [0.25, 0.3) is 0 Å². The molecule has 0 aromatic rings. The van der Waals surface area contributed by atoms with Gasteiger partial charge < -0.3 is 5.32 Å². The van der Waals surface area contributed by atoms with Crippen LogP contribution in [-0.2, 0) is 0 Å². The first-order valence-electron chi connectivity index (χ1n) is 7.68. The summed E-state index contributed by atoms with van der Waals surface area (Å²) in [5.41, 5.74) is 0. The SMILES string of the molecule is CCC1CNC(C2CC2)CN1CCCC(C)C. The second kappa shape index (κ2) is 6.19. The molecular weight excluding hydrogens is 208 g/mol. The molecule has 2 nitrogen and oxygen atoms in total. The molecule has 1 saturated carbocycles. The summed E-state index contributed by atoms with van der Waals surface area (Å²) >= 11 is 0. The van der Waals surface area contributed by atoms with Gasteiger partial charge in [0.2, 0.25) is 0 Å². The minimum absolute atomic E-state index is 0.789. The van der Waals surface area contributed by atoms with Crippen LogP contribution in [0.1, 0.15) is 52.9 Å². The number of nitrogens with zero attached hydrogens (tertiary/aromatic N) is 1. The van der Waals surface area contributed by atoms with Crippen molar-refractivity contribution in [3.8, 4) is 0 Å². The quantitative estimate of drug-likeness (QED) is 0.765. The van der Waals surface area contributed by atoms with Crippen molar-refractivity contribution in [2.45, 2.75) is 65.0 Å². The molecule has 2 atom stereocenters. The van der Waals surface area contributed by atoms with Gasteiger partial charge in [0, 0.05) is 25.2 Å². The lowest BCUT2D eigenvalue weighted by Crippen LogP contribution is -2.57. The van der Waals surface area contributed by atoms with Gasteiger partial charge in [-0.3, -0.25) is 4.90 Å². The third-order valence-corrected chi connectivity index (χ3v) is 4.45. The molecule has 2 unspecified atom stereocenters. The second-order valence-corrected chi connectivity index (χ2v) is 6.45. The van der Waals surface area contributed by atoms with Gasteiger partial charge in [-0.1, -0.05) is 20.8 Å². The van der Waals surface area contributed by atoms with E-state index in [0.717, 1.165) is 23.9 Å². The Hall–Kier alpha value is -0.0800. The van der Waals surface area contributed by atoms with Crippen LogP contribution >= 0.6 is 0 Å². The molecule has 17 heavy (non-hydrogen) atoms. The fraction of sp³-hybridized carbons (Fsp3) is 1.00. The summed E-state index contributed by atoms with van der Waals surface area (Å²) in [6.07, 6.45) is 6.99. The highest BCUT2D eigenvalue weighted by molar-refractivity contribution is 4.94. The molecule has 100 valence electrons. The van der Waals surface area contributed by atoms with Crippen LogP contribution in [0.15, 0.2) is 0 Å². The van der Waals surface area contributed by atoms with Crippen molar-refractivity contribution in [2.24, 2.45) is 11.8 Å². The van der Waals surface area contributed by atoms with E-state index in [1.807, 2.05) is 0 Å². The topological polar surface area (TPSA) is 15.3 Å². The largest absolute Gasteiger partial charge is 0.311 e. The van der Waals surface area contributed by atoms with E-state index in [-0.39, 0.29) is 0 Å². The average Bonchev–Trinajstić information content (AvgIpc) is 3.12. The number of nitrogens with one attached hydrogen (secondary N) is 1. The average molecular weight is 238 g/mol. The van der Waals surface area contributed by atoms with Crippen LogP contribution in [0.2, 0.25) is 0 Å². The van der Waals surface area contributed by atoms with Gasteiger partial charge in [-0.05, 0) is 50.5 Å². The van der Waals surface area contributed by atoms with Gasteiger partial charge in [0.05, 0.1) is 0 Å². The van der Waals surface area contributed by atoms with Crippen molar-refractivity contribution in [3.05, 3.63) is 0 Å². The number of hydrogen-bond acceptors (Lipinski definition) is 2. The number of rotatable bonds is 6. The highest BCUT2D eigenvalue weighted by atomic mass is 15.2. The minimum atomic E-state index is 0.789. The highest BCUT2D eigenvalue weighted by Gasteiger charge is 2.36. The Balaban J connectivity index is 1.77. The van der Waals surface area contributed by atoms with E-state index in [0.29, 0.717) is 0 Å². The zero-order valence-corrected chi connectivity index (χ0v) is 11.9. The fourth-order valence-electron chi connectivity index (χ4n) is 3.08. The van der Waals surface area contributed by atoms with Crippen molar-refractivity contribution < 1.29 is 0 Å². The lowest BCUT2D eigenvalue weighted by molar-refractivity contribution is 0.116. The first kappa shape index (κ1) is 13.4. The van der Waals surface area contributed by atoms with Crippen molar-refractivity contribution in [1.82, 2.24) is 10.2 Å². The Morgan fingerprint density at radius 3 is 2.65 bits per heavy atom. The van der Waals surface area contributed by atoms with E-state index >= 15 is 0 Å². The summed E-state index contributed by atoms with van der Waals surface area (Å²) in [5, 5.41) is 3.77. The molecular formula is C15H30N2. The van der Waals surface area contributed by atoms with E-state index in [2.05, 4.69) is 31.0 Å². The van der Waals surface area contributed by atoms with Gasteiger partial charge in [-0.2, -0.15) is 0 Å². The maximum atomic E-state index is 3.77. The summed E-state index contributed by atoms with van der Waals surface area (Å²) < 4.78 is 0. The summed E-state index contributed by atoms with van der Waals surface area (Å²) in [4.78, 5) is 2.77. The first-order valence-corrected chi connectivity index (χ1v) is 7.68. The lowest BCUT2D eigenvalue weighted by atomic mass is 10.0. The van der Waals surface area contributed by atoms with E-state index in [4.69, 9.17) is 0 Å². The Morgan fingerprint density at radius 2 is 2.06 bits per heavy atom. The molecule has 1 aliphatic carbocycles. The lowest BCUT2D eigenvalue weighted by Gasteiger charge is -2.40. The third-order valence-electron chi connectivity index (χ3n) is 4.45. The molecule has 0 amide bonds. The second-order valence-electron chi connectivity index (χ2n) is 6.45. The molecule has 1 aliphatic heterocycles. The molecule has 0 aromatic carbocycles. The van der Waals surface area contributed by atoms with Gasteiger partial charge in [-0.15, -0.1) is 0 Å². The fourth-order valence-corrected chi connectivity index (χ4v) is 3.08. The molecule has 1 heterocycles. The van der Waals surface area contributed by atoms with Gasteiger partial charge in [0.25, 0.3) is 0 Å². The molecule has 1 N–H and O–H groups in total. The van der Waals surface area contributed by atoms with Crippen molar-refractivity contribution in [2.75, 3.05) is 19.6 Å². The molecule has 2 aliphatic rings. The van der Waals surface area contributed by atoms with Crippen LogP contribution in [0.3, 0.4) is 0 Å². The Morgan fingerprint density at radius 1 is 1.29 bits per heavy atom. The third kappa shape index (κ3) is 3.96. The predicted octanol–water partition coefficient (Wildman–Crippen LogP) is 2.89. The zero-order chi connectivity index (χ0) is 12.3. The number of piperazine rings is 1. The maximum absolute atomic E-state index is 3.77. The first-order chi connectivity index (χ1) is 8.20. The van der Waals surface area contributed by atoms with Crippen LogP contribution in [0.5, 0.6) is 0 Å². The molecule has 2 fully saturated rings. The van der Waals surface area contributed by atoms with Gasteiger partial charge >= 0.3 is 0 Å². The molecule has 0 bridgehead atoms. The molecule has 0 radical (unpaired) electrons. The zero-order valence-electron chi connectivity index (χ0n) is 11.9. The smallest absolute Gasteiger partial charge is 0.0224 e. The van der Waals surface area contributed by atoms with Crippen molar-refractivity contribution in [1.29, 1.82) is 0 Å². The van der Waals surface area contributed by atoms with Crippen molar-refractivity contribution in [3.63, 3.8) is 0 Å². The molecule has 2 heteroatoms. The molecule has 0 aromatic heterocycles. The summed E-state index contributed by atoms with van der Waals surface area (Å²) in [7, 11) is 0. The molecule has 1 saturated heterocycles. The van der Waals surface area contributed by atoms with Crippen LogP contribution in [0, 0.1) is 11.8 Å². The normalized spacial score (nSPS) is 31.1. The molecule has 0 spiro atoms. The van der Waals surface area contributed by atoms with E-state index in [9.17, 15) is 0 Å². The number of hydrogen-bond donors (Lipinski definition) is 1. The Bertz CT molecular complexity index is 223. The standard InChI is InChI=1S/C15H30N2/c1-4-14-10-16-15(13-7-8-13)11-17(14)9-5-6-12(2)3/h12-16H,4-11H2,1-3H3. The Labute approximate surface area is 107 Å². The van der Waals surface area contributed by atoms with E-state index < -0.39 is 0 Å². The van der Waals surface area contributed by atoms with Crippen LogP contribution in [0.4, 0.5) is 0 Å². The van der Waals surface area contributed by atoms with Crippen LogP contribution < -0.4 is 5.32 Å². The van der Waals surface area contributed by atoms with Gasteiger partial charge in [-0.25, -0.2) is 0 Å². The summed E-state index contributed by atoms with van der Waals surface area (Å²) in [5.74, 6) is 1.86. The Kier molecular flexibility index (Phi) is 4.87. The summed E-state index contributed by atoms with van der Waals surface area (Å²) in [6.45, 7) is 10.9. The van der Waals surface area contributed by atoms with Crippen molar-refractivity contribution >= 4 is 0 Å². The van der Waals surface area contributed by atoms with Gasteiger partial charge in [0.1, 0.15) is 0 Å².